The van der Waals surface area contributed by atoms with E-state index in [0.29, 0.717) is 18.4 Å². The predicted octanol–water partition coefficient (Wildman–Crippen LogP) is -5.88. The van der Waals surface area contributed by atoms with Crippen molar-refractivity contribution >= 4 is 65.0 Å². The number of carbonyl (C=O) groups excluding carboxylic acids is 11. The highest BCUT2D eigenvalue weighted by molar-refractivity contribution is 5.99. The van der Waals surface area contributed by atoms with Crippen LogP contribution in [0.2, 0.25) is 0 Å². The van der Waals surface area contributed by atoms with E-state index in [2.05, 4.69) is 65.4 Å². The van der Waals surface area contributed by atoms with Gasteiger partial charge in [0.25, 0.3) is 0 Å². The van der Waals surface area contributed by atoms with Crippen LogP contribution < -0.4 is 87.2 Å². The fraction of sp³-hybridized carbons (Fsp3) is 0.685. The lowest BCUT2D eigenvalue weighted by Gasteiger charge is -2.30. The van der Waals surface area contributed by atoms with Crippen molar-refractivity contribution in [1.82, 2.24) is 58.5 Å². The molecule has 0 saturated carbocycles. The Morgan fingerprint density at radius 2 is 1.08 bits per heavy atom. The molecular weight excluding hydrogens is 1080 g/mol. The Kier molecular flexibility index (Phi) is 34.4. The summed E-state index contributed by atoms with van der Waals surface area (Å²) in [6, 6.07) is -6.16. The van der Waals surface area contributed by atoms with E-state index in [1.165, 1.54) is 6.92 Å². The molecule has 0 aliphatic carbocycles. The summed E-state index contributed by atoms with van der Waals surface area (Å²) in [6.45, 7) is 4.59. The Bertz CT molecular complexity index is 2250. The number of hydrogen-bond donors (Lipinski definition) is 18. The third kappa shape index (κ3) is 25.6. The first-order valence-electron chi connectivity index (χ1n) is 28.8. The average molecular weight is 1180 g/mol. The van der Waals surface area contributed by atoms with Crippen molar-refractivity contribution in [3.63, 3.8) is 0 Å². The van der Waals surface area contributed by atoms with E-state index in [1.807, 2.05) is 0 Å². The first-order valence-corrected chi connectivity index (χ1v) is 28.8. The summed E-state index contributed by atoms with van der Waals surface area (Å²) >= 11 is 0. The largest absolute Gasteiger partial charge is 0.394 e. The number of rotatable bonds is 29. The predicted molar refractivity (Wildman–Crippen MR) is 307 cm³/mol. The lowest BCUT2D eigenvalue weighted by atomic mass is 9.96. The fourth-order valence-electron chi connectivity index (χ4n) is 8.82. The number of unbranched alkanes of at least 4 members (excludes halogenated alkanes) is 4. The van der Waals surface area contributed by atoms with Gasteiger partial charge in [-0.05, 0) is 96.1 Å². The van der Waals surface area contributed by atoms with Crippen molar-refractivity contribution in [1.29, 1.82) is 0 Å². The van der Waals surface area contributed by atoms with Crippen LogP contribution in [0.3, 0.4) is 0 Å². The third-order valence-electron chi connectivity index (χ3n) is 13.9. The summed E-state index contributed by atoms with van der Waals surface area (Å²) < 4.78 is 0. The van der Waals surface area contributed by atoms with Crippen LogP contribution in [-0.4, -0.2) is 188 Å². The fourth-order valence-corrected chi connectivity index (χ4v) is 8.82. The SMILES string of the molecule is CCCCCCCC(=O)N[C@@H](CCN)C(=O)N[C@H](C(=O)N[C@@H](CCN)C(=O)N[C@H]1CCNC(=O)[C@H](CO)NC(=O)[C@H](CCN)NC(=O)[C@H](CCN)NC(=O)[C@H]([C@@H](C)CC)NC(=O)[C@@H](Cc2ccccc2)NC(=O)[C@H](CCN)NC1=O)[C@@H](C)O. The molecule has 1 fully saturated rings. The summed E-state index contributed by atoms with van der Waals surface area (Å²) in [5.74, 6) is -10.3. The minimum absolute atomic E-state index is 0.0134. The number of benzene rings is 1. The molecule has 1 aliphatic rings. The molecule has 0 bridgehead atoms. The third-order valence-corrected chi connectivity index (χ3v) is 13.9. The Hall–Kier alpha value is -6.89. The molecule has 0 unspecified atom stereocenters. The van der Waals surface area contributed by atoms with Crippen molar-refractivity contribution in [3.8, 4) is 0 Å². The second-order valence-corrected chi connectivity index (χ2v) is 20.6. The number of nitrogens with two attached hydrogens (primary N) is 5. The van der Waals surface area contributed by atoms with Gasteiger partial charge in [0.05, 0.1) is 12.7 Å². The van der Waals surface area contributed by atoms with E-state index in [1.54, 1.807) is 44.2 Å². The van der Waals surface area contributed by atoms with Gasteiger partial charge in [0.2, 0.25) is 65.0 Å². The summed E-state index contributed by atoms with van der Waals surface area (Å²) in [7, 11) is 0. The molecule has 1 aromatic carbocycles. The highest BCUT2D eigenvalue weighted by atomic mass is 16.3. The van der Waals surface area contributed by atoms with E-state index in [4.69, 9.17) is 28.7 Å². The van der Waals surface area contributed by atoms with Crippen LogP contribution >= 0.6 is 0 Å². The first-order chi connectivity index (χ1) is 39.6. The van der Waals surface area contributed by atoms with Crippen molar-refractivity contribution in [2.45, 2.75) is 184 Å². The maximum atomic E-state index is 14.5. The maximum Gasteiger partial charge on any atom is 0.245 e. The molecule has 1 saturated heterocycles. The van der Waals surface area contributed by atoms with Gasteiger partial charge in [-0.3, -0.25) is 52.7 Å². The van der Waals surface area contributed by atoms with Crippen LogP contribution in [0, 0.1) is 5.92 Å². The Morgan fingerprint density at radius 3 is 1.60 bits per heavy atom. The zero-order valence-electron chi connectivity index (χ0n) is 48.4. The molecule has 2 rings (SSSR count). The van der Waals surface area contributed by atoms with Crippen molar-refractivity contribution in [2.24, 2.45) is 34.6 Å². The van der Waals surface area contributed by atoms with E-state index in [0.717, 1.165) is 25.7 Å². The number of amides is 11. The monoisotopic (exact) mass is 1170 g/mol. The lowest BCUT2D eigenvalue weighted by molar-refractivity contribution is -0.137. The molecule has 0 spiro atoms. The van der Waals surface area contributed by atoms with Gasteiger partial charge in [-0.25, -0.2) is 0 Å². The minimum Gasteiger partial charge on any atom is -0.394 e. The Balaban J connectivity index is 2.66. The van der Waals surface area contributed by atoms with Crippen molar-refractivity contribution < 1.29 is 63.0 Å². The molecule has 29 nitrogen and oxygen atoms in total. The highest BCUT2D eigenvalue weighted by Crippen LogP contribution is 2.13. The van der Waals surface area contributed by atoms with Gasteiger partial charge in [-0.1, -0.05) is 83.2 Å². The van der Waals surface area contributed by atoms with Gasteiger partial charge in [0, 0.05) is 19.4 Å². The minimum atomic E-state index is -1.69. The molecule has 468 valence electrons. The first kappa shape index (κ1) is 72.2. The molecule has 83 heavy (non-hydrogen) atoms. The molecule has 1 aromatic rings. The summed E-state index contributed by atoms with van der Waals surface area (Å²) in [4.78, 5) is 153. The quantitative estimate of drug-likeness (QED) is 0.0332. The standard InChI is InChI=1S/C54H94N16O13/c1-5-7-8-9-13-16-42(73)61-34(17-23-55)51(80)70-44(32(4)72)54(83)66-38(21-27-59)47(76)64-39-22-28-60-45(74)41(30-71)68-49(78)36(19-25-57)62-46(75)37(20-26-58)65-53(82)43(31(3)6-2)69-52(81)40(29-33-14-11-10-12-15-33)67-48(77)35(18-24-56)63-50(39)79/h10-12,14-15,31-32,34-41,43-44,71-72H,5-9,13,16-30,55-59H2,1-4H3,(H,60,74)(H,61,73)(H,62,75)(H,63,79)(H,64,76)(H,65,82)(H,66,83)(H,67,77)(H,68,78)(H,69,81)(H,70,80)/t31-,32+,34-,35-,36-,37-,38-,39-,40+,41-,43-,44-/m0/s1. The van der Waals surface area contributed by atoms with Crippen LogP contribution in [0.5, 0.6) is 0 Å². The number of hydrogen-bond acceptors (Lipinski definition) is 18. The topological polar surface area (TPSA) is 491 Å². The van der Waals surface area contributed by atoms with Gasteiger partial charge >= 0.3 is 0 Å². The molecule has 0 aromatic heterocycles. The lowest BCUT2D eigenvalue weighted by Crippen LogP contribution is -2.62. The molecule has 29 heteroatoms. The molecule has 11 amide bonds. The van der Waals surface area contributed by atoms with Crippen LogP contribution in [0.4, 0.5) is 0 Å². The van der Waals surface area contributed by atoms with E-state index in [-0.39, 0.29) is 77.7 Å². The number of aliphatic hydroxyl groups is 2. The molecule has 1 heterocycles. The van der Waals surface area contributed by atoms with Gasteiger partial charge < -0.3 is 97.4 Å². The molecule has 1 aliphatic heterocycles. The molecule has 0 radical (unpaired) electrons. The van der Waals surface area contributed by atoms with Crippen molar-refractivity contribution in [3.05, 3.63) is 35.9 Å². The average Bonchev–Trinajstić information content (AvgIpc) is 3.50. The summed E-state index contributed by atoms with van der Waals surface area (Å²) in [6.07, 6.45) is 1.92. The highest BCUT2D eigenvalue weighted by Gasteiger charge is 2.37. The molecular formula is C54H94N16O13. The maximum absolute atomic E-state index is 14.5. The van der Waals surface area contributed by atoms with Gasteiger partial charge in [-0.2, -0.15) is 0 Å². The van der Waals surface area contributed by atoms with E-state index < -0.39 is 157 Å². The van der Waals surface area contributed by atoms with Crippen LogP contribution in [0.15, 0.2) is 30.3 Å². The second-order valence-electron chi connectivity index (χ2n) is 20.6. The number of carbonyl (C=O) groups is 11. The van der Waals surface area contributed by atoms with Crippen LogP contribution in [0.1, 0.15) is 117 Å². The summed E-state index contributed by atoms with van der Waals surface area (Å²) in [5, 5.41) is 49.0. The van der Waals surface area contributed by atoms with Crippen LogP contribution in [-0.2, 0) is 59.2 Å². The van der Waals surface area contributed by atoms with Gasteiger partial charge in [0.15, 0.2) is 0 Å². The zero-order chi connectivity index (χ0) is 62.0. The van der Waals surface area contributed by atoms with Gasteiger partial charge in [-0.15, -0.1) is 0 Å². The number of aliphatic hydroxyl groups excluding tert-OH is 2. The van der Waals surface area contributed by atoms with Crippen molar-refractivity contribution in [2.75, 3.05) is 45.9 Å². The van der Waals surface area contributed by atoms with Gasteiger partial charge in [0.1, 0.15) is 60.4 Å². The van der Waals surface area contributed by atoms with E-state index >= 15 is 0 Å². The van der Waals surface area contributed by atoms with E-state index in [9.17, 15) is 63.0 Å². The Morgan fingerprint density at radius 1 is 0.578 bits per heavy atom. The van der Waals surface area contributed by atoms with Crippen LogP contribution in [0.25, 0.3) is 0 Å². The smallest absolute Gasteiger partial charge is 0.245 e. The zero-order valence-corrected chi connectivity index (χ0v) is 48.4. The Labute approximate surface area is 485 Å². The number of nitrogens with one attached hydrogen (secondary N) is 11. The summed E-state index contributed by atoms with van der Waals surface area (Å²) in [5.41, 5.74) is 29.8. The normalized spacial score (nSPS) is 22.7. The second kappa shape index (κ2) is 39.6. The molecule has 23 N–H and O–H groups in total. The molecule has 12 atom stereocenters.